The first-order valence-electron chi connectivity index (χ1n) is 2.87. The molecule has 0 heterocycles. The van der Waals surface area contributed by atoms with E-state index in [1.54, 1.807) is 0 Å². The summed E-state index contributed by atoms with van der Waals surface area (Å²) >= 11 is 2.82. The molecule has 64 valence electrons. The minimum Gasteiger partial charge on any atom is -0.392 e. The van der Waals surface area contributed by atoms with Gasteiger partial charge in [0.1, 0.15) is 5.33 Å². The Bertz CT molecular complexity index is 160. The van der Waals surface area contributed by atoms with E-state index in [1.165, 1.54) is 0 Å². The standard InChI is InChI=1S/C5H9BrN2O3/c6-2-5(10)11-4(9)1-3(7)8/h3H,1-2,7-8H2. The number of carbonyl (C=O) groups excluding carboxylic acids is 2. The van der Waals surface area contributed by atoms with Gasteiger partial charge in [-0.2, -0.15) is 0 Å². The molecule has 0 aliphatic carbocycles. The van der Waals surface area contributed by atoms with Gasteiger partial charge in [-0.05, 0) is 0 Å². The van der Waals surface area contributed by atoms with Crippen molar-refractivity contribution >= 4 is 27.9 Å². The van der Waals surface area contributed by atoms with E-state index in [0.717, 1.165) is 0 Å². The largest absolute Gasteiger partial charge is 0.392 e. The quantitative estimate of drug-likeness (QED) is 0.280. The van der Waals surface area contributed by atoms with Crippen LogP contribution in [-0.2, 0) is 14.3 Å². The highest BCUT2D eigenvalue weighted by Gasteiger charge is 2.10. The minimum atomic E-state index is -0.773. The molecule has 0 bridgehead atoms. The van der Waals surface area contributed by atoms with E-state index in [-0.39, 0.29) is 11.8 Å². The fourth-order valence-corrected chi connectivity index (χ4v) is 0.503. The predicted molar refractivity (Wildman–Crippen MR) is 41.7 cm³/mol. The normalized spacial score (nSPS) is 9.82. The predicted octanol–water partition coefficient (Wildman–Crippen LogP) is -0.915. The van der Waals surface area contributed by atoms with Gasteiger partial charge in [-0.1, -0.05) is 15.9 Å². The van der Waals surface area contributed by atoms with Crippen molar-refractivity contribution in [2.24, 2.45) is 11.5 Å². The van der Waals surface area contributed by atoms with Crippen LogP contribution >= 0.6 is 15.9 Å². The van der Waals surface area contributed by atoms with Crippen LogP contribution in [0.5, 0.6) is 0 Å². The van der Waals surface area contributed by atoms with Gasteiger partial charge < -0.3 is 16.2 Å². The molecule has 0 aliphatic heterocycles. The molecule has 0 unspecified atom stereocenters. The number of rotatable bonds is 3. The van der Waals surface area contributed by atoms with Crippen LogP contribution in [0, 0.1) is 0 Å². The van der Waals surface area contributed by atoms with Gasteiger partial charge in [0.25, 0.3) is 0 Å². The van der Waals surface area contributed by atoms with E-state index in [0.29, 0.717) is 0 Å². The van der Waals surface area contributed by atoms with Crippen LogP contribution in [0.15, 0.2) is 0 Å². The van der Waals surface area contributed by atoms with Crippen LogP contribution < -0.4 is 11.5 Å². The highest BCUT2D eigenvalue weighted by molar-refractivity contribution is 9.09. The number of alkyl halides is 1. The summed E-state index contributed by atoms with van der Waals surface area (Å²) in [6, 6.07) is 0. The third kappa shape index (κ3) is 5.96. The Morgan fingerprint density at radius 3 is 2.27 bits per heavy atom. The molecule has 0 aromatic heterocycles. The fraction of sp³-hybridized carbons (Fsp3) is 0.600. The molecule has 0 aromatic carbocycles. The molecular formula is C5H9BrN2O3. The lowest BCUT2D eigenvalue weighted by Crippen LogP contribution is -2.34. The average molecular weight is 225 g/mol. The molecule has 5 nitrogen and oxygen atoms in total. The Balaban J connectivity index is 3.61. The number of hydrogen-bond donors (Lipinski definition) is 2. The molecule has 0 aliphatic rings. The summed E-state index contributed by atoms with van der Waals surface area (Å²) in [7, 11) is 0. The topological polar surface area (TPSA) is 95.4 Å². The van der Waals surface area contributed by atoms with Crippen LogP contribution in [0.2, 0.25) is 0 Å². The van der Waals surface area contributed by atoms with Crippen molar-refractivity contribution in [1.29, 1.82) is 0 Å². The second-order valence-electron chi connectivity index (χ2n) is 1.85. The number of halogens is 1. The first-order chi connectivity index (χ1) is 5.06. The number of hydrogen-bond acceptors (Lipinski definition) is 5. The van der Waals surface area contributed by atoms with E-state index >= 15 is 0 Å². The van der Waals surface area contributed by atoms with E-state index in [2.05, 4.69) is 20.7 Å². The lowest BCUT2D eigenvalue weighted by Gasteiger charge is -2.02. The molecule has 0 saturated heterocycles. The van der Waals surface area contributed by atoms with Crippen molar-refractivity contribution in [2.45, 2.75) is 12.6 Å². The lowest BCUT2D eigenvalue weighted by atomic mass is 10.4. The third-order valence-electron chi connectivity index (χ3n) is 0.739. The monoisotopic (exact) mass is 224 g/mol. The molecule has 0 saturated carbocycles. The zero-order valence-electron chi connectivity index (χ0n) is 5.75. The molecule has 0 atom stereocenters. The molecule has 0 amide bonds. The minimum absolute atomic E-state index is 0.0153. The van der Waals surface area contributed by atoms with Gasteiger partial charge in [-0.15, -0.1) is 0 Å². The van der Waals surface area contributed by atoms with Crippen LogP contribution in [-0.4, -0.2) is 23.4 Å². The van der Waals surface area contributed by atoms with E-state index in [4.69, 9.17) is 11.5 Å². The van der Waals surface area contributed by atoms with Gasteiger partial charge in [0.05, 0.1) is 12.6 Å². The second kappa shape index (κ2) is 5.22. The highest BCUT2D eigenvalue weighted by atomic mass is 79.9. The summed E-state index contributed by atoms with van der Waals surface area (Å²) < 4.78 is 4.23. The molecule has 11 heavy (non-hydrogen) atoms. The Hall–Kier alpha value is -0.460. The second-order valence-corrected chi connectivity index (χ2v) is 2.41. The zero-order valence-corrected chi connectivity index (χ0v) is 7.33. The Kier molecular flexibility index (Phi) is 5.01. The molecule has 0 rings (SSSR count). The average Bonchev–Trinajstić information content (AvgIpc) is 1.85. The fourth-order valence-electron chi connectivity index (χ4n) is 0.388. The first-order valence-corrected chi connectivity index (χ1v) is 3.99. The number of esters is 2. The summed E-state index contributed by atoms with van der Waals surface area (Å²) in [6.45, 7) is 0. The van der Waals surface area contributed by atoms with E-state index in [9.17, 15) is 9.59 Å². The molecule has 0 spiro atoms. The van der Waals surface area contributed by atoms with Crippen LogP contribution in [0.1, 0.15) is 6.42 Å². The number of ether oxygens (including phenoxy) is 1. The molecule has 0 fully saturated rings. The van der Waals surface area contributed by atoms with Crippen molar-refractivity contribution in [3.05, 3.63) is 0 Å². The van der Waals surface area contributed by atoms with Gasteiger partial charge in [-0.3, -0.25) is 9.59 Å². The molecule has 6 heteroatoms. The Morgan fingerprint density at radius 2 is 1.91 bits per heavy atom. The zero-order chi connectivity index (χ0) is 8.85. The van der Waals surface area contributed by atoms with Crippen molar-refractivity contribution < 1.29 is 14.3 Å². The van der Waals surface area contributed by atoms with Crippen LogP contribution in [0.3, 0.4) is 0 Å². The van der Waals surface area contributed by atoms with Crippen molar-refractivity contribution in [1.82, 2.24) is 0 Å². The summed E-state index contributed by atoms with van der Waals surface area (Å²) in [5.41, 5.74) is 10.1. The maximum atomic E-state index is 10.6. The van der Waals surface area contributed by atoms with Crippen molar-refractivity contribution in [3.8, 4) is 0 Å². The van der Waals surface area contributed by atoms with Gasteiger partial charge >= 0.3 is 11.9 Å². The third-order valence-corrected chi connectivity index (χ3v) is 1.20. The molecular weight excluding hydrogens is 216 g/mol. The summed E-state index contributed by atoms with van der Waals surface area (Å²) in [5.74, 6) is -1.35. The SMILES string of the molecule is NC(N)CC(=O)OC(=O)CBr. The van der Waals surface area contributed by atoms with Crippen LogP contribution in [0.4, 0.5) is 0 Å². The first kappa shape index (κ1) is 10.5. The number of carbonyl (C=O) groups is 2. The van der Waals surface area contributed by atoms with Gasteiger partial charge in [0.2, 0.25) is 0 Å². The molecule has 4 N–H and O–H groups in total. The van der Waals surface area contributed by atoms with Crippen molar-refractivity contribution in [3.63, 3.8) is 0 Å². The number of nitrogens with two attached hydrogens (primary N) is 2. The maximum Gasteiger partial charge on any atom is 0.324 e. The smallest absolute Gasteiger partial charge is 0.324 e. The van der Waals surface area contributed by atoms with Crippen molar-refractivity contribution in [2.75, 3.05) is 5.33 Å². The lowest BCUT2D eigenvalue weighted by molar-refractivity contribution is -0.157. The Labute approximate surface area is 72.2 Å². The summed E-state index contributed by atoms with van der Waals surface area (Å²) in [6.07, 6.45) is -0.927. The molecule has 0 radical (unpaired) electrons. The highest BCUT2D eigenvalue weighted by Crippen LogP contribution is 1.90. The molecule has 0 aromatic rings. The van der Waals surface area contributed by atoms with Crippen LogP contribution in [0.25, 0.3) is 0 Å². The van der Waals surface area contributed by atoms with E-state index < -0.39 is 18.1 Å². The van der Waals surface area contributed by atoms with E-state index in [1.807, 2.05) is 0 Å². The maximum absolute atomic E-state index is 10.6. The van der Waals surface area contributed by atoms with Gasteiger partial charge in [0.15, 0.2) is 0 Å². The summed E-state index contributed by atoms with van der Waals surface area (Å²) in [5, 5.41) is -0.0153. The van der Waals surface area contributed by atoms with Gasteiger partial charge in [-0.25, -0.2) is 0 Å². The Morgan fingerprint density at radius 1 is 1.36 bits per heavy atom. The van der Waals surface area contributed by atoms with Gasteiger partial charge in [0, 0.05) is 0 Å². The summed E-state index contributed by atoms with van der Waals surface area (Å²) in [4.78, 5) is 21.0.